The first-order valence-electron chi connectivity index (χ1n) is 19.7. The fourth-order valence-corrected chi connectivity index (χ4v) is 9.40. The summed E-state index contributed by atoms with van der Waals surface area (Å²) >= 11 is 1.61. The Morgan fingerprint density at radius 1 is 1.04 bits per heavy atom. The third-order valence-corrected chi connectivity index (χ3v) is 12.4. The minimum absolute atomic E-state index is 0.106. The van der Waals surface area contributed by atoms with Crippen molar-refractivity contribution in [3.63, 3.8) is 0 Å². The molecule has 0 spiro atoms. The van der Waals surface area contributed by atoms with Gasteiger partial charge in [0.1, 0.15) is 24.0 Å². The summed E-state index contributed by atoms with van der Waals surface area (Å²) in [5.41, 5.74) is 2.06. The van der Waals surface area contributed by atoms with Crippen LogP contribution >= 0.6 is 11.3 Å². The number of hydrogen-bond donors (Lipinski definition) is 2. The smallest absolute Gasteiger partial charge is 0.408 e. The number of carboxylic acid groups (broad SMARTS) is 1. The van der Waals surface area contributed by atoms with Crippen LogP contribution in [0.25, 0.3) is 22.3 Å². The molecule has 5 atom stereocenters. The first kappa shape index (κ1) is 38.0. The highest BCUT2D eigenvalue weighted by molar-refractivity contribution is 7.09. The fraction of sp³-hybridized carbons (Fsp3) is 0.571. The maximum absolute atomic E-state index is 14.6. The van der Waals surface area contributed by atoms with Gasteiger partial charge in [-0.25, -0.2) is 14.8 Å². The van der Waals surface area contributed by atoms with Crippen molar-refractivity contribution in [3.05, 3.63) is 52.4 Å². The molecular formula is C42H52N4O7S. The summed E-state index contributed by atoms with van der Waals surface area (Å²) < 4.78 is 12.5. The Bertz CT molecular complexity index is 1920. The Hall–Kier alpha value is -4.32. The maximum atomic E-state index is 14.6. The number of Topliss-reactive ketones (excluding diaryl/α,β-unsaturated/α-hetero) is 1. The summed E-state index contributed by atoms with van der Waals surface area (Å²) in [4.78, 5) is 66.0. The second-order valence-electron chi connectivity index (χ2n) is 16.2. The number of rotatable bonds is 8. The van der Waals surface area contributed by atoms with Crippen LogP contribution in [0.5, 0.6) is 5.75 Å². The van der Waals surface area contributed by atoms with Gasteiger partial charge in [0, 0.05) is 36.1 Å². The quantitative estimate of drug-likeness (QED) is 0.220. The Kier molecular flexibility index (Phi) is 11.4. The van der Waals surface area contributed by atoms with Crippen molar-refractivity contribution in [2.45, 2.75) is 129 Å². The molecule has 7 rings (SSSR count). The number of carboxylic acids is 1. The van der Waals surface area contributed by atoms with Crippen LogP contribution in [0.2, 0.25) is 0 Å². The topological polar surface area (TPSA) is 148 Å². The van der Waals surface area contributed by atoms with Crippen molar-refractivity contribution in [3.8, 4) is 17.1 Å². The van der Waals surface area contributed by atoms with Gasteiger partial charge < -0.3 is 24.8 Å². The van der Waals surface area contributed by atoms with Crippen LogP contribution in [0.15, 0.2) is 41.8 Å². The van der Waals surface area contributed by atoms with Crippen LogP contribution in [0.1, 0.15) is 101 Å². The Balaban J connectivity index is 1.19. The lowest BCUT2D eigenvalue weighted by Crippen LogP contribution is -2.52. The molecule has 1 aromatic carbocycles. The predicted molar refractivity (Wildman–Crippen MR) is 206 cm³/mol. The SMILES string of the molecule is Cc1ccc2c(O[C@@H]3C[C@H]4C(=O)C[C@]5(C(=O)O)C[C@H]5/C=C\CCCCC[C@H](NC(=O)OC5CCCC5)C(=O)N4C3)cc(-c3csc(CC(C)C)n3)nc2c1. The number of ketones is 1. The van der Waals surface area contributed by atoms with Crippen molar-refractivity contribution >= 4 is 46.0 Å². The van der Waals surface area contributed by atoms with Crippen LogP contribution < -0.4 is 10.1 Å². The number of hydrogen-bond acceptors (Lipinski definition) is 9. The van der Waals surface area contributed by atoms with E-state index >= 15 is 0 Å². The third-order valence-electron chi connectivity index (χ3n) is 11.5. The Labute approximate surface area is 320 Å². The van der Waals surface area contributed by atoms with Crippen LogP contribution in [0, 0.1) is 24.2 Å². The molecule has 3 fully saturated rings. The molecule has 0 bridgehead atoms. The molecule has 2 aliphatic carbocycles. The minimum atomic E-state index is -1.18. The number of nitrogens with one attached hydrogen (secondary N) is 1. The molecule has 11 nitrogen and oxygen atoms in total. The number of fused-ring (bicyclic) bond motifs is 3. The van der Waals surface area contributed by atoms with E-state index < -0.39 is 35.7 Å². The van der Waals surface area contributed by atoms with E-state index in [1.54, 1.807) is 11.3 Å². The van der Waals surface area contributed by atoms with Crippen molar-refractivity contribution < 1.29 is 33.8 Å². The molecule has 3 aromatic rings. The van der Waals surface area contributed by atoms with Crippen molar-refractivity contribution in [1.29, 1.82) is 0 Å². The number of ether oxygens (including phenoxy) is 2. The summed E-state index contributed by atoms with van der Waals surface area (Å²) in [6.07, 6.45) is 11.1. The second kappa shape index (κ2) is 16.2. The van der Waals surface area contributed by atoms with Gasteiger partial charge in [-0.05, 0) is 87.8 Å². The first-order valence-corrected chi connectivity index (χ1v) is 20.6. The number of carbonyl (C=O) groups is 4. The summed E-state index contributed by atoms with van der Waals surface area (Å²) in [7, 11) is 0. The number of aliphatic carboxylic acids is 1. The van der Waals surface area contributed by atoms with Gasteiger partial charge in [0.25, 0.3) is 0 Å². The number of amides is 2. The highest BCUT2D eigenvalue weighted by Gasteiger charge is 2.61. The lowest BCUT2D eigenvalue weighted by Gasteiger charge is -2.29. The van der Waals surface area contributed by atoms with Crippen LogP contribution in [-0.2, 0) is 25.5 Å². The van der Waals surface area contributed by atoms with E-state index in [1.165, 1.54) is 4.90 Å². The molecule has 2 aliphatic heterocycles. The van der Waals surface area contributed by atoms with E-state index in [1.807, 2.05) is 48.7 Å². The van der Waals surface area contributed by atoms with E-state index in [0.29, 0.717) is 36.6 Å². The largest absolute Gasteiger partial charge is 0.488 e. The van der Waals surface area contributed by atoms with Gasteiger partial charge in [-0.2, -0.15) is 0 Å². The lowest BCUT2D eigenvalue weighted by molar-refractivity contribution is -0.147. The number of allylic oxidation sites excluding steroid dienone is 2. The molecule has 0 unspecified atom stereocenters. The molecule has 12 heteroatoms. The summed E-state index contributed by atoms with van der Waals surface area (Å²) in [5, 5.41) is 17.0. The van der Waals surface area contributed by atoms with E-state index in [4.69, 9.17) is 19.4 Å². The summed E-state index contributed by atoms with van der Waals surface area (Å²) in [5.74, 6) is -0.841. The van der Waals surface area contributed by atoms with Crippen molar-refractivity contribution in [1.82, 2.24) is 20.2 Å². The zero-order chi connectivity index (χ0) is 38.0. The number of benzene rings is 1. The van der Waals surface area contributed by atoms with Crippen molar-refractivity contribution in [2.24, 2.45) is 17.3 Å². The summed E-state index contributed by atoms with van der Waals surface area (Å²) in [6, 6.07) is 6.06. The summed E-state index contributed by atoms with van der Waals surface area (Å²) in [6.45, 7) is 6.44. The van der Waals surface area contributed by atoms with E-state index in [-0.39, 0.29) is 43.1 Å². The predicted octanol–water partition coefficient (Wildman–Crippen LogP) is 7.82. The normalized spacial score (nSPS) is 27.2. The minimum Gasteiger partial charge on any atom is -0.488 e. The van der Waals surface area contributed by atoms with Crippen LogP contribution in [0.3, 0.4) is 0 Å². The number of alkyl carbamates (subject to hydrolysis) is 1. The number of nitrogens with zero attached hydrogens (tertiary/aromatic N) is 3. The van der Waals surface area contributed by atoms with Crippen molar-refractivity contribution in [2.75, 3.05) is 6.54 Å². The van der Waals surface area contributed by atoms with E-state index in [0.717, 1.165) is 78.5 Å². The van der Waals surface area contributed by atoms with E-state index in [2.05, 4.69) is 19.2 Å². The van der Waals surface area contributed by atoms with Gasteiger partial charge in [0.05, 0.1) is 39.9 Å². The number of aryl methyl sites for hydroxylation is 1. The molecule has 1 saturated heterocycles. The zero-order valence-electron chi connectivity index (χ0n) is 31.6. The van der Waals surface area contributed by atoms with Gasteiger partial charge in [-0.1, -0.05) is 44.9 Å². The molecule has 0 radical (unpaired) electrons. The molecule has 4 heterocycles. The molecular weight excluding hydrogens is 705 g/mol. The van der Waals surface area contributed by atoms with Gasteiger partial charge in [0.15, 0.2) is 5.78 Å². The standard InChI is InChI=1S/C42H52N4O7S/c1-25(2)17-38-44-34(24-54-38)33-20-37(30-16-15-26(3)18-32(30)43-33)52-29-19-35-36(47)22-42(40(49)50)21-27(42)11-7-5-4-6-8-14-31(39(48)46(35)23-29)45-41(51)53-28-12-9-10-13-28/h7,11,15-16,18,20,24-25,27-29,31,35H,4-6,8-10,12-14,17,19,21-23H2,1-3H3,(H,45,51)(H,49,50)/b11-7-/t27-,29-,31+,35+,42-/m1/s1. The average Bonchev–Trinajstić information content (AvgIpc) is 3.55. The zero-order valence-corrected chi connectivity index (χ0v) is 32.4. The third kappa shape index (κ3) is 8.48. The maximum Gasteiger partial charge on any atom is 0.408 e. The Morgan fingerprint density at radius 3 is 2.61 bits per heavy atom. The lowest BCUT2D eigenvalue weighted by atomic mass is 9.92. The molecule has 4 aliphatic rings. The number of thiazole rings is 1. The molecule has 2 saturated carbocycles. The van der Waals surface area contributed by atoms with Crippen LogP contribution in [0.4, 0.5) is 4.79 Å². The van der Waals surface area contributed by atoms with Gasteiger partial charge in [0.2, 0.25) is 5.91 Å². The van der Waals surface area contributed by atoms with Gasteiger partial charge in [-0.15, -0.1) is 11.3 Å². The average molecular weight is 757 g/mol. The molecule has 2 aromatic heterocycles. The highest BCUT2D eigenvalue weighted by atomic mass is 32.1. The van der Waals surface area contributed by atoms with E-state index in [9.17, 15) is 24.3 Å². The van der Waals surface area contributed by atoms with Crippen LogP contribution in [-0.4, -0.2) is 74.6 Å². The molecule has 2 N–H and O–H groups in total. The second-order valence-corrected chi connectivity index (χ2v) is 17.2. The molecule has 2 amide bonds. The number of aromatic nitrogens is 2. The Morgan fingerprint density at radius 2 is 1.83 bits per heavy atom. The number of carbonyl (C=O) groups excluding carboxylic acids is 3. The molecule has 54 heavy (non-hydrogen) atoms. The highest BCUT2D eigenvalue weighted by Crippen LogP contribution is 2.57. The first-order chi connectivity index (χ1) is 26.0. The fourth-order valence-electron chi connectivity index (χ4n) is 8.40. The number of pyridine rings is 1. The monoisotopic (exact) mass is 756 g/mol. The van der Waals surface area contributed by atoms with Gasteiger partial charge in [-0.3, -0.25) is 14.4 Å². The van der Waals surface area contributed by atoms with Gasteiger partial charge >= 0.3 is 12.1 Å². The molecule has 288 valence electrons.